The predicted molar refractivity (Wildman–Crippen MR) is 84.6 cm³/mol. The van der Waals surface area contributed by atoms with Gasteiger partial charge in [-0.1, -0.05) is 64.8 Å². The van der Waals surface area contributed by atoms with Crippen LogP contribution < -0.4 is 4.74 Å². The Kier molecular flexibility index (Phi) is 5.21. The van der Waals surface area contributed by atoms with E-state index in [2.05, 4.69) is 15.9 Å². The minimum Gasteiger partial charge on any atom is -0.481 e. The Morgan fingerprint density at radius 3 is 2.55 bits per heavy atom. The maximum atomic E-state index is 12.4. The summed E-state index contributed by atoms with van der Waals surface area (Å²) >= 11 is 9.45. The first-order valence-corrected chi connectivity index (χ1v) is 7.50. The van der Waals surface area contributed by atoms with Crippen molar-refractivity contribution in [2.45, 2.75) is 19.4 Å². The van der Waals surface area contributed by atoms with Crippen LogP contribution in [-0.4, -0.2) is 11.9 Å². The average Bonchev–Trinajstić information content (AvgIpc) is 2.47. The number of rotatable bonds is 5. The van der Waals surface area contributed by atoms with Gasteiger partial charge in [-0.05, 0) is 24.6 Å². The highest BCUT2D eigenvalue weighted by atomic mass is 79.9. The highest BCUT2D eigenvalue weighted by molar-refractivity contribution is 9.10. The molecule has 2 aromatic carbocycles. The summed E-state index contributed by atoms with van der Waals surface area (Å²) in [5.74, 6) is 0.484. The number of hydrogen-bond acceptors (Lipinski definition) is 2. The van der Waals surface area contributed by atoms with Crippen LogP contribution in [0.4, 0.5) is 0 Å². The van der Waals surface area contributed by atoms with Gasteiger partial charge in [0.15, 0.2) is 6.10 Å². The van der Waals surface area contributed by atoms with Crippen LogP contribution in [-0.2, 0) is 0 Å². The molecule has 1 unspecified atom stereocenters. The zero-order valence-electron chi connectivity index (χ0n) is 11.0. The van der Waals surface area contributed by atoms with Crippen LogP contribution in [0.25, 0.3) is 0 Å². The molecule has 0 amide bonds. The van der Waals surface area contributed by atoms with Crippen LogP contribution in [0.2, 0.25) is 5.02 Å². The second-order valence-corrected chi connectivity index (χ2v) is 5.64. The summed E-state index contributed by atoms with van der Waals surface area (Å²) in [5.41, 5.74) is 0.646. The number of ether oxygens (including phenoxy) is 1. The van der Waals surface area contributed by atoms with E-state index in [0.29, 0.717) is 22.8 Å². The number of carbonyl (C=O) groups excluding carboxylic acids is 1. The molecule has 0 heterocycles. The van der Waals surface area contributed by atoms with Crippen LogP contribution in [0.1, 0.15) is 23.7 Å². The Morgan fingerprint density at radius 2 is 1.95 bits per heavy atom. The first-order chi connectivity index (χ1) is 9.61. The molecule has 0 bridgehead atoms. The summed E-state index contributed by atoms with van der Waals surface area (Å²) in [6.45, 7) is 1.91. The van der Waals surface area contributed by atoms with Crippen molar-refractivity contribution in [2.24, 2.45) is 0 Å². The highest BCUT2D eigenvalue weighted by Crippen LogP contribution is 2.29. The van der Waals surface area contributed by atoms with E-state index >= 15 is 0 Å². The molecule has 0 aromatic heterocycles. The summed E-state index contributed by atoms with van der Waals surface area (Å²) in [7, 11) is 0. The first kappa shape index (κ1) is 15.1. The van der Waals surface area contributed by atoms with Gasteiger partial charge in [-0.3, -0.25) is 4.79 Å². The predicted octanol–water partition coefficient (Wildman–Crippen LogP) is 5.14. The first-order valence-electron chi connectivity index (χ1n) is 6.32. The van der Waals surface area contributed by atoms with Gasteiger partial charge in [0, 0.05) is 10.0 Å². The molecular formula is C16H14BrClO2. The zero-order chi connectivity index (χ0) is 14.5. The van der Waals surface area contributed by atoms with Gasteiger partial charge in [0.05, 0.1) is 5.02 Å². The van der Waals surface area contributed by atoms with Crippen molar-refractivity contribution in [2.75, 3.05) is 0 Å². The lowest BCUT2D eigenvalue weighted by molar-refractivity contribution is 0.0787. The minimum absolute atomic E-state index is 0.0351. The van der Waals surface area contributed by atoms with Crippen LogP contribution >= 0.6 is 27.5 Å². The van der Waals surface area contributed by atoms with Crippen molar-refractivity contribution < 1.29 is 9.53 Å². The molecule has 0 spiro atoms. The van der Waals surface area contributed by atoms with Gasteiger partial charge in [-0.2, -0.15) is 0 Å². The van der Waals surface area contributed by atoms with Gasteiger partial charge in [-0.15, -0.1) is 0 Å². The van der Waals surface area contributed by atoms with Crippen LogP contribution in [0.5, 0.6) is 5.75 Å². The van der Waals surface area contributed by atoms with Gasteiger partial charge in [0.2, 0.25) is 5.78 Å². The smallest absolute Gasteiger partial charge is 0.203 e. The van der Waals surface area contributed by atoms with Crippen LogP contribution in [0, 0.1) is 0 Å². The topological polar surface area (TPSA) is 26.3 Å². The summed E-state index contributed by atoms with van der Waals surface area (Å²) in [4.78, 5) is 12.4. The van der Waals surface area contributed by atoms with E-state index in [1.807, 2.05) is 31.2 Å². The molecule has 0 aliphatic heterocycles. The summed E-state index contributed by atoms with van der Waals surface area (Å²) in [5, 5.41) is 0.485. The Balaban J connectivity index is 2.19. The van der Waals surface area contributed by atoms with E-state index < -0.39 is 6.10 Å². The summed E-state index contributed by atoms with van der Waals surface area (Å²) in [6.07, 6.45) is 0.0520. The quantitative estimate of drug-likeness (QED) is 0.695. The number of halogens is 2. The molecule has 0 fully saturated rings. The minimum atomic E-state index is -0.531. The Hall–Kier alpha value is -1.32. The molecule has 0 aliphatic carbocycles. The van der Waals surface area contributed by atoms with Gasteiger partial charge < -0.3 is 4.74 Å². The molecule has 0 saturated heterocycles. The van der Waals surface area contributed by atoms with Gasteiger partial charge >= 0.3 is 0 Å². The second kappa shape index (κ2) is 6.91. The maximum Gasteiger partial charge on any atom is 0.203 e. The van der Waals surface area contributed by atoms with E-state index in [1.54, 1.807) is 24.3 Å². The molecule has 2 nitrogen and oxygen atoms in total. The van der Waals surface area contributed by atoms with Crippen molar-refractivity contribution in [3.05, 3.63) is 63.6 Å². The number of Topliss-reactive ketones (excluding diaryl/α,β-unsaturated/α-hetero) is 1. The number of hydrogen-bond donors (Lipinski definition) is 0. The van der Waals surface area contributed by atoms with Crippen molar-refractivity contribution in [3.8, 4) is 5.75 Å². The normalized spacial score (nSPS) is 11.9. The lowest BCUT2D eigenvalue weighted by Crippen LogP contribution is -2.26. The van der Waals surface area contributed by atoms with E-state index in [9.17, 15) is 4.79 Å². The standard InChI is InChI=1S/C16H14BrClO2/c1-2-14(16(19)11-6-4-3-5-7-11)20-15-9-8-12(17)10-13(15)18/h3-10,14H,2H2,1H3. The molecule has 0 radical (unpaired) electrons. The molecular weight excluding hydrogens is 340 g/mol. The van der Waals surface area contributed by atoms with E-state index in [4.69, 9.17) is 16.3 Å². The molecule has 0 saturated carbocycles. The molecule has 4 heteroatoms. The lowest BCUT2D eigenvalue weighted by Gasteiger charge is -2.17. The van der Waals surface area contributed by atoms with Crippen molar-refractivity contribution in [3.63, 3.8) is 0 Å². The monoisotopic (exact) mass is 352 g/mol. The van der Waals surface area contributed by atoms with Crippen LogP contribution in [0.15, 0.2) is 53.0 Å². The average molecular weight is 354 g/mol. The lowest BCUT2D eigenvalue weighted by atomic mass is 10.0. The third-order valence-electron chi connectivity index (χ3n) is 2.88. The molecule has 20 heavy (non-hydrogen) atoms. The third-order valence-corrected chi connectivity index (χ3v) is 3.67. The van der Waals surface area contributed by atoms with Gasteiger partial charge in [-0.25, -0.2) is 0 Å². The van der Waals surface area contributed by atoms with Crippen LogP contribution in [0.3, 0.4) is 0 Å². The van der Waals surface area contributed by atoms with E-state index in [0.717, 1.165) is 4.47 Å². The molecule has 0 N–H and O–H groups in total. The summed E-state index contributed by atoms with van der Waals surface area (Å²) in [6, 6.07) is 14.5. The number of carbonyl (C=O) groups is 1. The largest absolute Gasteiger partial charge is 0.481 e. The fourth-order valence-electron chi connectivity index (χ4n) is 1.83. The Morgan fingerprint density at radius 1 is 1.25 bits per heavy atom. The fraction of sp³-hybridized carbons (Fsp3) is 0.188. The number of ketones is 1. The summed E-state index contributed by atoms with van der Waals surface area (Å²) < 4.78 is 6.64. The fourth-order valence-corrected chi connectivity index (χ4v) is 2.55. The van der Waals surface area contributed by atoms with E-state index in [-0.39, 0.29) is 5.78 Å². The molecule has 104 valence electrons. The second-order valence-electron chi connectivity index (χ2n) is 4.32. The van der Waals surface area contributed by atoms with Crippen molar-refractivity contribution in [1.82, 2.24) is 0 Å². The van der Waals surface area contributed by atoms with Gasteiger partial charge in [0.1, 0.15) is 5.75 Å². The Bertz CT molecular complexity index is 599. The van der Waals surface area contributed by atoms with Gasteiger partial charge in [0.25, 0.3) is 0 Å². The third kappa shape index (κ3) is 3.62. The maximum absolute atomic E-state index is 12.4. The van der Waals surface area contributed by atoms with E-state index in [1.165, 1.54) is 0 Å². The molecule has 1 atom stereocenters. The molecule has 2 rings (SSSR count). The highest BCUT2D eigenvalue weighted by Gasteiger charge is 2.20. The molecule has 0 aliphatic rings. The van der Waals surface area contributed by atoms with Crippen molar-refractivity contribution in [1.29, 1.82) is 0 Å². The van der Waals surface area contributed by atoms with Crippen molar-refractivity contribution >= 4 is 33.3 Å². The SMILES string of the molecule is CCC(Oc1ccc(Br)cc1Cl)C(=O)c1ccccc1. The number of benzene rings is 2. The Labute approximate surface area is 131 Å². The molecule has 2 aromatic rings. The zero-order valence-corrected chi connectivity index (χ0v) is 13.3.